The Bertz CT molecular complexity index is 870. The van der Waals surface area contributed by atoms with Crippen LogP contribution >= 0.6 is 0 Å². The zero-order valence-electron chi connectivity index (χ0n) is 15.9. The van der Waals surface area contributed by atoms with Crippen LogP contribution in [-0.2, 0) is 17.7 Å². The first-order valence-corrected chi connectivity index (χ1v) is 9.68. The van der Waals surface area contributed by atoms with Crippen molar-refractivity contribution in [1.82, 2.24) is 14.5 Å². The summed E-state index contributed by atoms with van der Waals surface area (Å²) < 4.78 is 13.2. The predicted octanol–water partition coefficient (Wildman–Crippen LogP) is 3.36. The number of aromatic nitrogens is 2. The summed E-state index contributed by atoms with van der Waals surface area (Å²) >= 11 is 0. The molecule has 0 unspecified atom stereocenters. The van der Waals surface area contributed by atoms with E-state index >= 15 is 0 Å². The minimum absolute atomic E-state index is 0.833. The summed E-state index contributed by atoms with van der Waals surface area (Å²) in [5.74, 6) is 0.913. The molecule has 0 bridgehead atoms. The summed E-state index contributed by atoms with van der Waals surface area (Å²) in [6.07, 6.45) is 8.29. The summed E-state index contributed by atoms with van der Waals surface area (Å²) in [7, 11) is 1.73. The summed E-state index contributed by atoms with van der Waals surface area (Å²) in [4.78, 5) is 6.75. The molecule has 0 N–H and O–H groups in total. The van der Waals surface area contributed by atoms with Gasteiger partial charge in [-0.1, -0.05) is 6.07 Å². The number of fused-ring (bicyclic) bond motifs is 1. The maximum atomic E-state index is 5.46. The molecule has 2 aromatic heterocycles. The van der Waals surface area contributed by atoms with Gasteiger partial charge in [0.15, 0.2) is 0 Å². The lowest BCUT2D eigenvalue weighted by Gasteiger charge is -2.26. The third-order valence-corrected chi connectivity index (χ3v) is 5.27. The molecule has 5 heteroatoms. The molecule has 0 atom stereocenters. The standard InChI is InChI=1S/C22H27N3O2/c1-26-20-6-7-22-21(14-20)19(5-3-9-24-10-12-27-13-11-24)17-25(22)16-18-4-2-8-23-15-18/h2,4,6-8,14-15,17H,3,5,9-13,16H2,1H3. The minimum atomic E-state index is 0.833. The molecule has 27 heavy (non-hydrogen) atoms. The predicted molar refractivity (Wildman–Crippen MR) is 107 cm³/mol. The Morgan fingerprint density at radius 3 is 2.85 bits per heavy atom. The highest BCUT2D eigenvalue weighted by Gasteiger charge is 2.13. The molecule has 0 spiro atoms. The zero-order valence-corrected chi connectivity index (χ0v) is 15.9. The number of hydrogen-bond acceptors (Lipinski definition) is 4. The second-order valence-electron chi connectivity index (χ2n) is 7.08. The monoisotopic (exact) mass is 365 g/mol. The van der Waals surface area contributed by atoms with Crippen molar-refractivity contribution < 1.29 is 9.47 Å². The lowest BCUT2D eigenvalue weighted by molar-refractivity contribution is 0.0375. The van der Waals surface area contributed by atoms with E-state index in [2.05, 4.69) is 38.8 Å². The van der Waals surface area contributed by atoms with Gasteiger partial charge in [-0.15, -0.1) is 0 Å². The Labute approximate surface area is 160 Å². The first-order valence-electron chi connectivity index (χ1n) is 9.68. The van der Waals surface area contributed by atoms with E-state index in [1.54, 1.807) is 7.11 Å². The van der Waals surface area contributed by atoms with Crippen molar-refractivity contribution in [2.24, 2.45) is 0 Å². The Kier molecular flexibility index (Phi) is 5.70. The van der Waals surface area contributed by atoms with E-state index in [1.807, 2.05) is 24.5 Å². The van der Waals surface area contributed by atoms with E-state index in [-0.39, 0.29) is 0 Å². The molecule has 4 rings (SSSR count). The lowest BCUT2D eigenvalue weighted by Crippen LogP contribution is -2.36. The van der Waals surface area contributed by atoms with Crippen LogP contribution in [0.25, 0.3) is 10.9 Å². The number of benzene rings is 1. The second-order valence-corrected chi connectivity index (χ2v) is 7.08. The van der Waals surface area contributed by atoms with Crippen LogP contribution < -0.4 is 4.74 Å². The van der Waals surface area contributed by atoms with Crippen LogP contribution in [0.2, 0.25) is 0 Å². The van der Waals surface area contributed by atoms with Crippen LogP contribution in [0.4, 0.5) is 0 Å². The van der Waals surface area contributed by atoms with Gasteiger partial charge in [0, 0.05) is 49.1 Å². The van der Waals surface area contributed by atoms with Gasteiger partial charge < -0.3 is 14.0 Å². The van der Waals surface area contributed by atoms with Crippen molar-refractivity contribution >= 4 is 10.9 Å². The summed E-state index contributed by atoms with van der Waals surface area (Å²) in [6, 6.07) is 10.5. The summed E-state index contributed by atoms with van der Waals surface area (Å²) in [6.45, 7) is 5.79. The molecule has 5 nitrogen and oxygen atoms in total. The van der Waals surface area contributed by atoms with Gasteiger partial charge in [-0.25, -0.2) is 0 Å². The van der Waals surface area contributed by atoms with Crippen molar-refractivity contribution in [3.63, 3.8) is 0 Å². The Balaban J connectivity index is 1.54. The highest BCUT2D eigenvalue weighted by molar-refractivity contribution is 5.85. The number of nitrogens with zero attached hydrogens (tertiary/aromatic N) is 3. The van der Waals surface area contributed by atoms with Crippen LogP contribution in [0.1, 0.15) is 17.5 Å². The Hall–Kier alpha value is -2.37. The maximum Gasteiger partial charge on any atom is 0.119 e. The van der Waals surface area contributed by atoms with E-state index in [4.69, 9.17) is 9.47 Å². The third-order valence-electron chi connectivity index (χ3n) is 5.27. The number of aryl methyl sites for hydroxylation is 1. The molecule has 1 aliphatic heterocycles. The molecule has 142 valence electrons. The van der Waals surface area contributed by atoms with Gasteiger partial charge >= 0.3 is 0 Å². The van der Waals surface area contributed by atoms with E-state index in [1.165, 1.54) is 22.0 Å². The smallest absolute Gasteiger partial charge is 0.119 e. The maximum absolute atomic E-state index is 5.46. The van der Waals surface area contributed by atoms with Gasteiger partial charge in [0.1, 0.15) is 5.75 Å². The number of methoxy groups -OCH3 is 1. The number of morpholine rings is 1. The van der Waals surface area contributed by atoms with Crippen LogP contribution in [0.15, 0.2) is 48.9 Å². The first kappa shape index (κ1) is 18.0. The molecular formula is C22H27N3O2. The van der Waals surface area contributed by atoms with E-state index in [0.717, 1.165) is 58.0 Å². The quantitative estimate of drug-likeness (QED) is 0.644. The van der Waals surface area contributed by atoms with Crippen LogP contribution in [0, 0.1) is 0 Å². The first-order chi connectivity index (χ1) is 13.3. The molecule has 0 radical (unpaired) electrons. The van der Waals surface area contributed by atoms with Gasteiger partial charge in [0.2, 0.25) is 0 Å². The Morgan fingerprint density at radius 1 is 1.19 bits per heavy atom. The van der Waals surface area contributed by atoms with Crippen molar-refractivity contribution in [1.29, 1.82) is 0 Å². The molecule has 1 aromatic carbocycles. The molecule has 0 aliphatic carbocycles. The zero-order chi connectivity index (χ0) is 18.5. The number of ether oxygens (including phenoxy) is 2. The fourth-order valence-corrected chi connectivity index (χ4v) is 3.81. The van der Waals surface area contributed by atoms with Crippen LogP contribution in [0.5, 0.6) is 5.75 Å². The van der Waals surface area contributed by atoms with Crippen molar-refractivity contribution in [2.75, 3.05) is 40.0 Å². The lowest BCUT2D eigenvalue weighted by atomic mass is 10.1. The average molecular weight is 365 g/mol. The highest BCUT2D eigenvalue weighted by atomic mass is 16.5. The van der Waals surface area contributed by atoms with E-state index in [9.17, 15) is 0 Å². The summed E-state index contributed by atoms with van der Waals surface area (Å²) in [5, 5.41) is 1.29. The largest absolute Gasteiger partial charge is 0.497 e. The van der Waals surface area contributed by atoms with Crippen molar-refractivity contribution in [2.45, 2.75) is 19.4 Å². The fraction of sp³-hybridized carbons (Fsp3) is 0.409. The molecule has 3 heterocycles. The minimum Gasteiger partial charge on any atom is -0.497 e. The average Bonchev–Trinajstić information content (AvgIpc) is 3.06. The van der Waals surface area contributed by atoms with Gasteiger partial charge in [-0.05, 0) is 54.8 Å². The number of hydrogen-bond donors (Lipinski definition) is 0. The third kappa shape index (κ3) is 4.31. The summed E-state index contributed by atoms with van der Waals surface area (Å²) in [5.41, 5.74) is 3.85. The van der Waals surface area contributed by atoms with Crippen LogP contribution in [0.3, 0.4) is 0 Å². The molecule has 1 saturated heterocycles. The van der Waals surface area contributed by atoms with Gasteiger partial charge in [-0.3, -0.25) is 9.88 Å². The Morgan fingerprint density at radius 2 is 2.07 bits per heavy atom. The van der Waals surface area contributed by atoms with Crippen molar-refractivity contribution in [3.8, 4) is 5.75 Å². The highest BCUT2D eigenvalue weighted by Crippen LogP contribution is 2.27. The number of pyridine rings is 1. The molecule has 0 amide bonds. The number of rotatable bonds is 7. The normalized spacial score (nSPS) is 15.3. The van der Waals surface area contributed by atoms with Gasteiger partial charge in [-0.2, -0.15) is 0 Å². The van der Waals surface area contributed by atoms with E-state index < -0.39 is 0 Å². The molecule has 0 saturated carbocycles. The fourth-order valence-electron chi connectivity index (χ4n) is 3.81. The SMILES string of the molecule is COc1ccc2c(c1)c(CCCN1CCOCC1)cn2Cc1cccnc1. The topological polar surface area (TPSA) is 39.5 Å². The van der Waals surface area contributed by atoms with Crippen LogP contribution in [-0.4, -0.2) is 54.4 Å². The molecule has 1 fully saturated rings. The molecule has 1 aliphatic rings. The molecular weight excluding hydrogens is 338 g/mol. The van der Waals surface area contributed by atoms with Gasteiger partial charge in [0.05, 0.1) is 20.3 Å². The van der Waals surface area contributed by atoms with E-state index in [0.29, 0.717) is 0 Å². The second kappa shape index (κ2) is 8.55. The van der Waals surface area contributed by atoms with Crippen molar-refractivity contribution in [3.05, 3.63) is 60.0 Å². The molecule has 3 aromatic rings. The van der Waals surface area contributed by atoms with Gasteiger partial charge in [0.25, 0.3) is 0 Å².